The number of hydrogen-bond acceptors (Lipinski definition) is 6. The summed E-state index contributed by atoms with van der Waals surface area (Å²) in [5, 5.41) is 8.18. The van der Waals surface area contributed by atoms with E-state index in [-0.39, 0.29) is 17.7 Å². The maximum Gasteiger partial charge on any atom is 0.360 e. The van der Waals surface area contributed by atoms with Crippen molar-refractivity contribution < 1.29 is 19.2 Å². The number of nitrogens with zero attached hydrogens (tertiary/aromatic N) is 2. The van der Waals surface area contributed by atoms with Crippen molar-refractivity contribution >= 4 is 17.4 Å². The van der Waals surface area contributed by atoms with Crippen molar-refractivity contribution in [1.29, 1.82) is 0 Å². The molecule has 1 saturated carbocycles. The van der Waals surface area contributed by atoms with Crippen LogP contribution in [0.1, 0.15) is 36.5 Å². The normalized spacial score (nSPS) is 15.7. The Morgan fingerprint density at radius 1 is 1.00 bits per heavy atom. The van der Waals surface area contributed by atoms with Crippen LogP contribution in [-0.4, -0.2) is 31.6 Å². The van der Waals surface area contributed by atoms with E-state index in [2.05, 4.69) is 22.4 Å². The molecule has 2 aromatic rings. The predicted octanol–water partition coefficient (Wildman–Crippen LogP) is 3.83. The number of ether oxygens (including phenoxy) is 1. The smallest absolute Gasteiger partial charge is 0.360 e. The minimum atomic E-state index is -0.574. The molecule has 0 radical (unpaired) electrons. The highest BCUT2D eigenvalue weighted by Crippen LogP contribution is 2.49. The van der Waals surface area contributed by atoms with Crippen LogP contribution >= 0.6 is 0 Å². The van der Waals surface area contributed by atoms with Gasteiger partial charge >= 0.3 is 5.97 Å². The monoisotopic (exact) mass is 380 g/mol. The number of esters is 1. The fourth-order valence-corrected chi connectivity index (χ4v) is 3.29. The van der Waals surface area contributed by atoms with Gasteiger partial charge in [-0.1, -0.05) is 64.9 Å². The molecule has 2 aromatic carbocycles. The van der Waals surface area contributed by atoms with Crippen molar-refractivity contribution in [3.05, 3.63) is 71.3 Å². The molecule has 0 heterocycles. The lowest BCUT2D eigenvalue weighted by molar-refractivity contribution is -0.132. The average molecular weight is 380 g/mol. The van der Waals surface area contributed by atoms with Gasteiger partial charge in [0, 0.05) is 16.5 Å². The standard InChI is InChI=1S/C22H24N2O4/c1-16(22(13-14-22)18-10-5-4-6-11-18)23-28-15-17-9-7-8-12-19(17)20(24-27-3)21(25)26-2/h4-12H,13-15H2,1-3H3. The molecule has 0 amide bonds. The van der Waals surface area contributed by atoms with Crippen molar-refractivity contribution in [2.45, 2.75) is 31.8 Å². The van der Waals surface area contributed by atoms with Crippen molar-refractivity contribution in [3.63, 3.8) is 0 Å². The molecule has 1 fully saturated rings. The van der Waals surface area contributed by atoms with Crippen LogP contribution in [0.3, 0.4) is 0 Å². The van der Waals surface area contributed by atoms with Gasteiger partial charge < -0.3 is 14.4 Å². The van der Waals surface area contributed by atoms with Crippen molar-refractivity contribution in [2.75, 3.05) is 14.2 Å². The van der Waals surface area contributed by atoms with Gasteiger partial charge in [-0.15, -0.1) is 0 Å². The first-order valence-electron chi connectivity index (χ1n) is 9.12. The topological polar surface area (TPSA) is 69.5 Å². The molecular formula is C22H24N2O4. The lowest BCUT2D eigenvalue weighted by Crippen LogP contribution is -2.20. The van der Waals surface area contributed by atoms with E-state index in [4.69, 9.17) is 14.4 Å². The van der Waals surface area contributed by atoms with E-state index in [0.29, 0.717) is 5.56 Å². The van der Waals surface area contributed by atoms with Crippen LogP contribution in [0.4, 0.5) is 0 Å². The summed E-state index contributed by atoms with van der Waals surface area (Å²) in [5.41, 5.74) is 3.65. The number of carbonyl (C=O) groups excluding carboxylic acids is 1. The van der Waals surface area contributed by atoms with E-state index in [1.165, 1.54) is 19.8 Å². The molecule has 6 heteroatoms. The Balaban J connectivity index is 1.76. The van der Waals surface area contributed by atoms with Crippen LogP contribution in [0.15, 0.2) is 64.9 Å². The Morgan fingerprint density at radius 2 is 1.68 bits per heavy atom. The SMILES string of the molecule is CON=C(C(=O)OC)c1ccccc1CON=C(C)C1(c2ccccc2)CC1. The van der Waals surface area contributed by atoms with Gasteiger partial charge in [-0.2, -0.15) is 0 Å². The Bertz CT molecular complexity index is 886. The van der Waals surface area contributed by atoms with Crippen LogP contribution in [0.25, 0.3) is 0 Å². The van der Waals surface area contributed by atoms with Crippen LogP contribution < -0.4 is 0 Å². The highest BCUT2D eigenvalue weighted by atomic mass is 16.6. The minimum Gasteiger partial charge on any atom is -0.464 e. The average Bonchev–Trinajstić information content (AvgIpc) is 3.55. The molecule has 0 unspecified atom stereocenters. The van der Waals surface area contributed by atoms with Gasteiger partial charge in [0.25, 0.3) is 0 Å². The van der Waals surface area contributed by atoms with E-state index in [9.17, 15) is 4.79 Å². The van der Waals surface area contributed by atoms with Crippen molar-refractivity contribution in [3.8, 4) is 0 Å². The summed E-state index contributed by atoms with van der Waals surface area (Å²) in [5.74, 6) is -0.574. The predicted molar refractivity (Wildman–Crippen MR) is 107 cm³/mol. The number of hydrogen-bond donors (Lipinski definition) is 0. The van der Waals surface area contributed by atoms with Crippen LogP contribution in [-0.2, 0) is 31.2 Å². The molecule has 146 valence electrons. The Kier molecular flexibility index (Phi) is 6.09. The van der Waals surface area contributed by atoms with E-state index in [1.54, 1.807) is 6.07 Å². The van der Waals surface area contributed by atoms with Gasteiger partial charge in [-0.3, -0.25) is 0 Å². The number of rotatable bonds is 8. The number of carbonyl (C=O) groups is 1. The quantitative estimate of drug-likeness (QED) is 0.396. The Labute approximate surface area is 164 Å². The van der Waals surface area contributed by atoms with E-state index in [1.807, 2.05) is 43.3 Å². The third-order valence-corrected chi connectivity index (χ3v) is 5.02. The molecule has 0 bridgehead atoms. The molecule has 6 nitrogen and oxygen atoms in total. The second-order valence-corrected chi connectivity index (χ2v) is 6.67. The maximum atomic E-state index is 12.0. The van der Waals surface area contributed by atoms with Crippen LogP contribution in [0.2, 0.25) is 0 Å². The van der Waals surface area contributed by atoms with Crippen LogP contribution in [0, 0.1) is 0 Å². The zero-order valence-corrected chi connectivity index (χ0v) is 16.3. The Hall–Kier alpha value is -3.15. The van der Waals surface area contributed by atoms with Gasteiger partial charge in [0.05, 0.1) is 12.8 Å². The van der Waals surface area contributed by atoms with Gasteiger partial charge in [-0.05, 0) is 25.3 Å². The third-order valence-electron chi connectivity index (χ3n) is 5.02. The molecule has 3 rings (SSSR count). The molecule has 1 aliphatic rings. The molecule has 0 N–H and O–H groups in total. The Morgan fingerprint density at radius 3 is 2.32 bits per heavy atom. The molecule has 0 atom stereocenters. The molecular weight excluding hydrogens is 356 g/mol. The highest BCUT2D eigenvalue weighted by molar-refractivity contribution is 6.43. The van der Waals surface area contributed by atoms with E-state index in [0.717, 1.165) is 24.1 Å². The largest absolute Gasteiger partial charge is 0.464 e. The summed E-state index contributed by atoms with van der Waals surface area (Å²) in [6.45, 7) is 2.20. The molecule has 0 aliphatic heterocycles. The zero-order valence-electron chi connectivity index (χ0n) is 16.3. The first-order valence-corrected chi connectivity index (χ1v) is 9.12. The second-order valence-electron chi connectivity index (χ2n) is 6.67. The second kappa shape index (κ2) is 8.69. The summed E-state index contributed by atoms with van der Waals surface area (Å²) in [6.07, 6.45) is 2.14. The lowest BCUT2D eigenvalue weighted by Gasteiger charge is -2.15. The van der Waals surface area contributed by atoms with Gasteiger partial charge in [-0.25, -0.2) is 4.79 Å². The van der Waals surface area contributed by atoms with Crippen molar-refractivity contribution in [1.82, 2.24) is 0 Å². The molecule has 0 spiro atoms. The van der Waals surface area contributed by atoms with Crippen LogP contribution in [0.5, 0.6) is 0 Å². The van der Waals surface area contributed by atoms with E-state index < -0.39 is 5.97 Å². The first-order chi connectivity index (χ1) is 13.6. The number of benzene rings is 2. The molecule has 28 heavy (non-hydrogen) atoms. The molecule has 1 aliphatic carbocycles. The molecule has 0 saturated heterocycles. The summed E-state index contributed by atoms with van der Waals surface area (Å²) < 4.78 is 4.80. The number of oxime groups is 2. The van der Waals surface area contributed by atoms with Gasteiger partial charge in [0.2, 0.25) is 0 Å². The third kappa shape index (κ3) is 4.06. The van der Waals surface area contributed by atoms with E-state index >= 15 is 0 Å². The van der Waals surface area contributed by atoms with Gasteiger partial charge in [0.1, 0.15) is 13.7 Å². The summed E-state index contributed by atoms with van der Waals surface area (Å²) in [7, 11) is 2.69. The minimum absolute atomic E-state index is 0.0184. The molecule has 0 aromatic heterocycles. The maximum absolute atomic E-state index is 12.0. The fraction of sp³-hybridized carbons (Fsp3) is 0.318. The number of methoxy groups -OCH3 is 1. The summed E-state index contributed by atoms with van der Waals surface area (Å²) in [6, 6.07) is 17.7. The highest BCUT2D eigenvalue weighted by Gasteiger charge is 2.47. The van der Waals surface area contributed by atoms with Crippen molar-refractivity contribution in [2.24, 2.45) is 10.3 Å². The summed E-state index contributed by atoms with van der Waals surface area (Å²) >= 11 is 0. The lowest BCUT2D eigenvalue weighted by atomic mass is 9.92. The summed E-state index contributed by atoms with van der Waals surface area (Å²) in [4.78, 5) is 22.5. The zero-order chi connectivity index (χ0) is 20.0. The first kappa shape index (κ1) is 19.6. The fourth-order valence-electron chi connectivity index (χ4n) is 3.29. The van der Waals surface area contributed by atoms with Gasteiger partial charge in [0.15, 0.2) is 5.71 Å².